The van der Waals surface area contributed by atoms with E-state index in [0.717, 1.165) is 17.0 Å². The molecule has 0 bridgehead atoms. The number of nitrogens with zero attached hydrogens (tertiary/aromatic N) is 3. The number of aromatic nitrogens is 3. The minimum absolute atomic E-state index is 0.215. The summed E-state index contributed by atoms with van der Waals surface area (Å²) in [5.41, 5.74) is 7.81. The van der Waals surface area contributed by atoms with Crippen molar-refractivity contribution in [3.8, 4) is 5.75 Å². The second kappa shape index (κ2) is 4.49. The Morgan fingerprint density at radius 3 is 3.05 bits per heavy atom. The minimum Gasteiger partial charge on any atom is -0.508 e. The van der Waals surface area contributed by atoms with Crippen LogP contribution in [-0.4, -0.2) is 19.7 Å². The molecule has 0 radical (unpaired) electrons. The number of benzene rings is 1. The van der Waals surface area contributed by atoms with Crippen LogP contribution in [0.3, 0.4) is 0 Å². The quantitative estimate of drug-likeness (QED) is 0.489. The fourth-order valence-electron chi connectivity index (χ4n) is 1.84. The van der Waals surface area contributed by atoms with Gasteiger partial charge in [0.05, 0.1) is 6.20 Å². The maximum absolute atomic E-state index is 9.72. The average Bonchev–Trinajstić information content (AvgIpc) is 2.87. The Bertz CT molecular complexity index is 722. The van der Waals surface area contributed by atoms with Crippen molar-refractivity contribution in [1.29, 1.82) is 0 Å². The summed E-state index contributed by atoms with van der Waals surface area (Å²) in [7, 11) is 0. The Morgan fingerprint density at radius 2 is 2.16 bits per heavy atom. The Kier molecular flexibility index (Phi) is 2.68. The number of phenols is 1. The highest BCUT2D eigenvalue weighted by Crippen LogP contribution is 2.20. The monoisotopic (exact) mass is 255 g/mol. The van der Waals surface area contributed by atoms with Gasteiger partial charge < -0.3 is 16.2 Å². The van der Waals surface area contributed by atoms with E-state index in [-0.39, 0.29) is 5.75 Å². The Balaban J connectivity index is 1.79. The lowest BCUT2D eigenvalue weighted by atomic mass is 10.2. The molecule has 6 nitrogen and oxygen atoms in total. The number of fused-ring (bicyclic) bond motifs is 1. The lowest BCUT2D eigenvalue weighted by molar-refractivity contribution is 0.469. The normalized spacial score (nSPS) is 10.7. The summed E-state index contributed by atoms with van der Waals surface area (Å²) in [6, 6.07) is 8.63. The van der Waals surface area contributed by atoms with Crippen LogP contribution in [0.25, 0.3) is 5.65 Å². The first-order valence-electron chi connectivity index (χ1n) is 5.84. The predicted molar refractivity (Wildman–Crippen MR) is 72.8 cm³/mol. The Hall–Kier alpha value is -2.76. The molecular formula is C13H13N5O. The van der Waals surface area contributed by atoms with E-state index in [1.165, 1.54) is 0 Å². The number of aromatic hydroxyl groups is 1. The van der Waals surface area contributed by atoms with Gasteiger partial charge in [-0.1, -0.05) is 0 Å². The maximum atomic E-state index is 9.72. The molecule has 0 aliphatic heterocycles. The van der Waals surface area contributed by atoms with Crippen LogP contribution >= 0.6 is 0 Å². The largest absolute Gasteiger partial charge is 0.508 e. The van der Waals surface area contributed by atoms with Crippen LogP contribution in [0.4, 0.5) is 11.5 Å². The van der Waals surface area contributed by atoms with E-state index < -0.39 is 0 Å². The van der Waals surface area contributed by atoms with Gasteiger partial charge >= 0.3 is 0 Å². The van der Waals surface area contributed by atoms with Gasteiger partial charge in [-0.2, -0.15) is 5.10 Å². The summed E-state index contributed by atoms with van der Waals surface area (Å²) < 4.78 is 1.68. The first-order valence-corrected chi connectivity index (χ1v) is 5.84. The second-order valence-corrected chi connectivity index (χ2v) is 4.19. The van der Waals surface area contributed by atoms with Crippen LogP contribution in [-0.2, 0) is 6.54 Å². The molecule has 3 rings (SSSR count). The predicted octanol–water partition coefficient (Wildman–Crippen LogP) is 1.63. The van der Waals surface area contributed by atoms with Crippen LogP contribution in [0.15, 0.2) is 42.7 Å². The lowest BCUT2D eigenvalue weighted by Gasteiger charge is -2.08. The zero-order chi connectivity index (χ0) is 13.2. The molecule has 4 N–H and O–H groups in total. The van der Waals surface area contributed by atoms with E-state index in [0.29, 0.717) is 12.2 Å². The number of nitrogen functional groups attached to an aromatic ring is 1. The van der Waals surface area contributed by atoms with Crippen molar-refractivity contribution in [2.75, 3.05) is 11.1 Å². The fourth-order valence-corrected chi connectivity index (χ4v) is 1.84. The third-order valence-electron chi connectivity index (χ3n) is 2.82. The van der Waals surface area contributed by atoms with Gasteiger partial charge in [0, 0.05) is 30.1 Å². The third kappa shape index (κ3) is 2.28. The maximum Gasteiger partial charge on any atom is 0.157 e. The van der Waals surface area contributed by atoms with Crippen molar-refractivity contribution in [3.63, 3.8) is 0 Å². The molecule has 3 aromatic rings. The van der Waals surface area contributed by atoms with E-state index >= 15 is 0 Å². The number of phenolic OH excluding ortho intramolecular Hbond substituents is 1. The molecule has 0 aliphatic rings. The van der Waals surface area contributed by atoms with E-state index in [9.17, 15) is 5.11 Å². The highest BCUT2D eigenvalue weighted by atomic mass is 16.3. The standard InChI is InChI=1S/C13H13N5O/c14-10-1-2-11(19)9(7-10)8-15-12-4-6-18-13(17-12)3-5-16-18/h1-7,19H,8,14H2,(H,15,17). The first-order chi connectivity index (χ1) is 9.22. The molecule has 2 heterocycles. The molecule has 0 atom stereocenters. The number of rotatable bonds is 3. The molecule has 19 heavy (non-hydrogen) atoms. The van der Waals surface area contributed by atoms with Crippen LogP contribution in [0.5, 0.6) is 5.75 Å². The molecule has 0 spiro atoms. The van der Waals surface area contributed by atoms with Crippen molar-refractivity contribution in [1.82, 2.24) is 14.6 Å². The highest BCUT2D eigenvalue weighted by molar-refractivity contribution is 5.50. The van der Waals surface area contributed by atoms with Gasteiger partial charge in [-0.05, 0) is 24.3 Å². The van der Waals surface area contributed by atoms with Crippen LogP contribution in [0, 0.1) is 0 Å². The highest BCUT2D eigenvalue weighted by Gasteiger charge is 2.03. The van der Waals surface area contributed by atoms with E-state index in [1.807, 2.05) is 18.3 Å². The van der Waals surface area contributed by atoms with Gasteiger partial charge in [0.15, 0.2) is 5.65 Å². The van der Waals surface area contributed by atoms with Gasteiger partial charge in [-0.3, -0.25) is 0 Å². The Morgan fingerprint density at radius 1 is 1.26 bits per heavy atom. The summed E-state index contributed by atoms with van der Waals surface area (Å²) in [5.74, 6) is 0.932. The van der Waals surface area contributed by atoms with Crippen molar-refractivity contribution in [2.24, 2.45) is 0 Å². The van der Waals surface area contributed by atoms with Crippen LogP contribution < -0.4 is 11.1 Å². The van der Waals surface area contributed by atoms with Gasteiger partial charge in [-0.25, -0.2) is 9.50 Å². The molecular weight excluding hydrogens is 242 g/mol. The minimum atomic E-state index is 0.215. The summed E-state index contributed by atoms with van der Waals surface area (Å²) in [6.45, 7) is 0.453. The van der Waals surface area contributed by atoms with Crippen molar-refractivity contribution in [3.05, 3.63) is 48.3 Å². The molecule has 96 valence electrons. The second-order valence-electron chi connectivity index (χ2n) is 4.19. The fraction of sp³-hybridized carbons (Fsp3) is 0.0769. The zero-order valence-electron chi connectivity index (χ0n) is 10.1. The van der Waals surface area contributed by atoms with Crippen molar-refractivity contribution < 1.29 is 5.11 Å². The average molecular weight is 255 g/mol. The summed E-state index contributed by atoms with van der Waals surface area (Å²) in [4.78, 5) is 4.38. The summed E-state index contributed by atoms with van der Waals surface area (Å²) in [6.07, 6.45) is 3.51. The lowest BCUT2D eigenvalue weighted by Crippen LogP contribution is -2.03. The molecule has 6 heteroatoms. The molecule has 0 saturated heterocycles. The smallest absolute Gasteiger partial charge is 0.157 e. The first kappa shape index (κ1) is 11.3. The van der Waals surface area contributed by atoms with Gasteiger partial charge in [0.2, 0.25) is 0 Å². The molecule has 0 aliphatic carbocycles. The Labute approximate surface area is 109 Å². The topological polar surface area (TPSA) is 88.5 Å². The summed E-state index contributed by atoms with van der Waals surface area (Å²) in [5, 5.41) is 16.9. The molecule has 2 aromatic heterocycles. The van der Waals surface area contributed by atoms with Crippen molar-refractivity contribution in [2.45, 2.75) is 6.54 Å². The van der Waals surface area contributed by atoms with Crippen LogP contribution in [0.2, 0.25) is 0 Å². The number of hydrogen-bond acceptors (Lipinski definition) is 5. The van der Waals surface area contributed by atoms with Gasteiger partial charge in [-0.15, -0.1) is 0 Å². The molecule has 0 unspecified atom stereocenters. The van der Waals surface area contributed by atoms with E-state index in [4.69, 9.17) is 5.73 Å². The van der Waals surface area contributed by atoms with Gasteiger partial charge in [0.25, 0.3) is 0 Å². The summed E-state index contributed by atoms with van der Waals surface area (Å²) >= 11 is 0. The molecule has 0 saturated carbocycles. The van der Waals surface area contributed by atoms with Crippen molar-refractivity contribution >= 4 is 17.2 Å². The molecule has 0 amide bonds. The van der Waals surface area contributed by atoms with Gasteiger partial charge in [0.1, 0.15) is 11.6 Å². The van der Waals surface area contributed by atoms with E-state index in [2.05, 4.69) is 15.4 Å². The number of anilines is 2. The van der Waals surface area contributed by atoms with E-state index in [1.54, 1.807) is 28.9 Å². The van der Waals surface area contributed by atoms with Crippen LogP contribution in [0.1, 0.15) is 5.56 Å². The third-order valence-corrected chi connectivity index (χ3v) is 2.82. The number of nitrogens with one attached hydrogen (secondary N) is 1. The number of hydrogen-bond donors (Lipinski definition) is 3. The SMILES string of the molecule is Nc1ccc(O)c(CNc2ccn3nccc3n2)c1. The molecule has 0 fully saturated rings. The molecule has 1 aromatic carbocycles. The number of nitrogens with two attached hydrogens (primary N) is 1. The zero-order valence-corrected chi connectivity index (χ0v) is 10.1.